The van der Waals surface area contributed by atoms with Crippen LogP contribution in [0.4, 0.5) is 0 Å². The highest BCUT2D eigenvalue weighted by molar-refractivity contribution is 7.92. The molecular formula is C10H19NO5S. The Kier molecular flexibility index (Phi) is 5.60. The molecular weight excluding hydrogens is 246 g/mol. The third-order valence-corrected chi connectivity index (χ3v) is 4.40. The van der Waals surface area contributed by atoms with Crippen molar-refractivity contribution in [1.29, 1.82) is 0 Å². The first-order valence-electron chi connectivity index (χ1n) is 5.31. The summed E-state index contributed by atoms with van der Waals surface area (Å²) in [5.41, 5.74) is 0. The summed E-state index contributed by atoms with van der Waals surface area (Å²) in [5.74, 6) is -2.94. The molecule has 0 saturated carbocycles. The van der Waals surface area contributed by atoms with E-state index in [-0.39, 0.29) is 5.92 Å². The van der Waals surface area contributed by atoms with Gasteiger partial charge in [0, 0.05) is 0 Å². The molecule has 0 aliphatic rings. The van der Waals surface area contributed by atoms with Gasteiger partial charge in [0.15, 0.2) is 9.84 Å². The van der Waals surface area contributed by atoms with Crippen LogP contribution in [0, 0.1) is 5.92 Å². The first-order valence-corrected chi connectivity index (χ1v) is 7.03. The third-order valence-electron chi connectivity index (χ3n) is 2.30. The summed E-state index contributed by atoms with van der Waals surface area (Å²) in [6.45, 7) is 6.21. The van der Waals surface area contributed by atoms with Crippen LogP contribution in [0.5, 0.6) is 0 Å². The molecule has 0 unspecified atom stereocenters. The summed E-state index contributed by atoms with van der Waals surface area (Å²) in [6.07, 6.45) is 0. The Morgan fingerprint density at radius 2 is 1.65 bits per heavy atom. The first kappa shape index (κ1) is 15.9. The molecule has 0 radical (unpaired) electrons. The first-order chi connectivity index (χ1) is 7.58. The molecule has 0 rings (SSSR count). The van der Waals surface area contributed by atoms with Crippen LogP contribution in [0.3, 0.4) is 0 Å². The van der Waals surface area contributed by atoms with Gasteiger partial charge >= 0.3 is 5.97 Å². The van der Waals surface area contributed by atoms with Crippen molar-refractivity contribution in [2.24, 2.45) is 5.92 Å². The van der Waals surface area contributed by atoms with Crippen LogP contribution in [-0.2, 0) is 19.4 Å². The van der Waals surface area contributed by atoms with Crippen molar-refractivity contribution in [1.82, 2.24) is 5.32 Å². The SMILES string of the molecule is CC(C)[C@@H](NC(=O)CS(=O)(=O)C(C)C)C(=O)O. The lowest BCUT2D eigenvalue weighted by Crippen LogP contribution is -2.46. The third kappa shape index (κ3) is 5.16. The van der Waals surface area contributed by atoms with E-state index in [0.717, 1.165) is 0 Å². The van der Waals surface area contributed by atoms with Crippen molar-refractivity contribution >= 4 is 21.7 Å². The summed E-state index contributed by atoms with van der Waals surface area (Å²) in [5, 5.41) is 10.4. The predicted octanol–water partition coefficient (Wildman–Crippen LogP) is 0.0350. The van der Waals surface area contributed by atoms with Gasteiger partial charge in [-0.2, -0.15) is 0 Å². The second kappa shape index (κ2) is 6.00. The summed E-state index contributed by atoms with van der Waals surface area (Å²) in [4.78, 5) is 22.2. The van der Waals surface area contributed by atoms with E-state index >= 15 is 0 Å². The molecule has 7 heteroatoms. The van der Waals surface area contributed by atoms with Crippen molar-refractivity contribution in [2.75, 3.05) is 5.75 Å². The Labute approximate surface area is 101 Å². The van der Waals surface area contributed by atoms with E-state index in [0.29, 0.717) is 0 Å². The van der Waals surface area contributed by atoms with Gasteiger partial charge in [-0.05, 0) is 19.8 Å². The van der Waals surface area contributed by atoms with Crippen LogP contribution in [0.15, 0.2) is 0 Å². The topological polar surface area (TPSA) is 101 Å². The number of carbonyl (C=O) groups is 2. The second-order valence-corrected chi connectivity index (χ2v) is 7.04. The zero-order valence-electron chi connectivity index (χ0n) is 10.4. The van der Waals surface area contributed by atoms with Gasteiger partial charge in [-0.1, -0.05) is 13.8 Å². The maximum Gasteiger partial charge on any atom is 0.326 e. The standard InChI is InChI=1S/C10H19NO5S/c1-6(2)9(10(13)14)11-8(12)5-17(15,16)7(3)4/h6-7,9H,5H2,1-4H3,(H,11,12)(H,13,14)/t9-/m1/s1. The number of hydrogen-bond acceptors (Lipinski definition) is 4. The Morgan fingerprint density at radius 1 is 1.18 bits per heavy atom. The average Bonchev–Trinajstić information content (AvgIpc) is 2.12. The summed E-state index contributed by atoms with van der Waals surface area (Å²) in [6, 6.07) is -1.06. The number of amides is 1. The molecule has 17 heavy (non-hydrogen) atoms. The van der Waals surface area contributed by atoms with Gasteiger partial charge in [0.1, 0.15) is 11.8 Å². The molecule has 0 heterocycles. The molecule has 0 aromatic rings. The van der Waals surface area contributed by atoms with E-state index in [1.54, 1.807) is 13.8 Å². The maximum absolute atomic E-state index is 11.5. The molecule has 0 aliphatic heterocycles. The fourth-order valence-electron chi connectivity index (χ4n) is 1.08. The molecule has 0 fully saturated rings. The fourth-order valence-corrected chi connectivity index (χ4v) is 1.86. The molecule has 0 aromatic carbocycles. The molecule has 0 aliphatic carbocycles. The monoisotopic (exact) mass is 265 g/mol. The number of carboxylic acids is 1. The normalized spacial score (nSPS) is 13.8. The van der Waals surface area contributed by atoms with Gasteiger partial charge in [-0.3, -0.25) is 4.79 Å². The zero-order chi connectivity index (χ0) is 13.8. The number of aliphatic carboxylic acids is 1. The van der Waals surface area contributed by atoms with Gasteiger partial charge in [-0.15, -0.1) is 0 Å². The van der Waals surface area contributed by atoms with Crippen LogP contribution in [0.1, 0.15) is 27.7 Å². The lowest BCUT2D eigenvalue weighted by molar-refractivity contribution is -0.142. The lowest BCUT2D eigenvalue weighted by Gasteiger charge is -2.18. The lowest BCUT2D eigenvalue weighted by atomic mass is 10.1. The van der Waals surface area contributed by atoms with Gasteiger partial charge < -0.3 is 10.4 Å². The predicted molar refractivity (Wildman–Crippen MR) is 63.3 cm³/mol. The quantitative estimate of drug-likeness (QED) is 0.706. The molecule has 0 spiro atoms. The number of carboxylic acid groups (broad SMARTS) is 1. The molecule has 0 aromatic heterocycles. The Balaban J connectivity index is 4.61. The molecule has 0 saturated heterocycles. The van der Waals surface area contributed by atoms with E-state index in [1.807, 2.05) is 0 Å². The van der Waals surface area contributed by atoms with Crippen LogP contribution in [0.25, 0.3) is 0 Å². The van der Waals surface area contributed by atoms with Crippen LogP contribution >= 0.6 is 0 Å². The van der Waals surface area contributed by atoms with E-state index in [4.69, 9.17) is 5.11 Å². The van der Waals surface area contributed by atoms with Crippen LogP contribution in [0.2, 0.25) is 0 Å². The second-order valence-electron chi connectivity index (χ2n) is 4.48. The molecule has 0 bridgehead atoms. The fraction of sp³-hybridized carbons (Fsp3) is 0.800. The van der Waals surface area contributed by atoms with Crippen molar-refractivity contribution in [3.05, 3.63) is 0 Å². The molecule has 1 atom stereocenters. The highest BCUT2D eigenvalue weighted by atomic mass is 32.2. The average molecular weight is 265 g/mol. The Hall–Kier alpha value is -1.11. The van der Waals surface area contributed by atoms with Crippen LogP contribution < -0.4 is 5.32 Å². The van der Waals surface area contributed by atoms with Gasteiger partial charge in [0.05, 0.1) is 5.25 Å². The Morgan fingerprint density at radius 3 is 1.94 bits per heavy atom. The number of nitrogens with one attached hydrogen (secondary N) is 1. The van der Waals surface area contributed by atoms with E-state index < -0.39 is 38.8 Å². The minimum Gasteiger partial charge on any atom is -0.480 e. The highest BCUT2D eigenvalue weighted by Gasteiger charge is 2.27. The van der Waals surface area contributed by atoms with E-state index in [9.17, 15) is 18.0 Å². The summed E-state index contributed by atoms with van der Waals surface area (Å²) >= 11 is 0. The number of carbonyl (C=O) groups excluding carboxylic acids is 1. The molecule has 100 valence electrons. The van der Waals surface area contributed by atoms with Crippen molar-refractivity contribution in [2.45, 2.75) is 39.0 Å². The van der Waals surface area contributed by atoms with Crippen LogP contribution in [-0.4, -0.2) is 42.4 Å². The maximum atomic E-state index is 11.5. The van der Waals surface area contributed by atoms with E-state index in [1.165, 1.54) is 13.8 Å². The number of rotatable bonds is 6. The Bertz CT molecular complexity index is 386. The molecule has 6 nitrogen and oxygen atoms in total. The smallest absolute Gasteiger partial charge is 0.326 e. The van der Waals surface area contributed by atoms with Gasteiger partial charge in [0.2, 0.25) is 5.91 Å². The molecule has 1 amide bonds. The highest BCUT2D eigenvalue weighted by Crippen LogP contribution is 2.04. The van der Waals surface area contributed by atoms with Crippen molar-refractivity contribution in [3.63, 3.8) is 0 Å². The largest absolute Gasteiger partial charge is 0.480 e. The van der Waals surface area contributed by atoms with E-state index in [2.05, 4.69) is 5.32 Å². The minimum absolute atomic E-state index is 0.307. The number of sulfone groups is 1. The number of hydrogen-bond donors (Lipinski definition) is 2. The zero-order valence-corrected chi connectivity index (χ0v) is 11.2. The molecule has 2 N–H and O–H groups in total. The van der Waals surface area contributed by atoms with Gasteiger partial charge in [-0.25, -0.2) is 13.2 Å². The summed E-state index contributed by atoms with van der Waals surface area (Å²) in [7, 11) is -3.50. The van der Waals surface area contributed by atoms with Crippen molar-refractivity contribution < 1.29 is 23.1 Å². The summed E-state index contributed by atoms with van der Waals surface area (Å²) < 4.78 is 22.9. The van der Waals surface area contributed by atoms with Gasteiger partial charge in [0.25, 0.3) is 0 Å². The van der Waals surface area contributed by atoms with Crippen molar-refractivity contribution in [3.8, 4) is 0 Å². The minimum atomic E-state index is -3.50.